The van der Waals surface area contributed by atoms with E-state index in [1.807, 2.05) is 24.3 Å². The van der Waals surface area contributed by atoms with Gasteiger partial charge in [-0.25, -0.2) is 0 Å². The zero-order valence-corrected chi connectivity index (χ0v) is 10.1. The predicted octanol–water partition coefficient (Wildman–Crippen LogP) is 2.93. The number of ether oxygens (including phenoxy) is 1. The summed E-state index contributed by atoms with van der Waals surface area (Å²) in [7, 11) is 0. The van der Waals surface area contributed by atoms with Gasteiger partial charge in [0.15, 0.2) is 0 Å². The zero-order valence-electron chi connectivity index (χ0n) is 8.50. The van der Waals surface area contributed by atoms with Crippen molar-refractivity contribution in [1.29, 1.82) is 5.41 Å². The van der Waals surface area contributed by atoms with E-state index in [9.17, 15) is 0 Å². The first-order chi connectivity index (χ1) is 7.18. The summed E-state index contributed by atoms with van der Waals surface area (Å²) < 4.78 is 6.54. The predicted molar refractivity (Wildman–Crippen MR) is 65.4 cm³/mol. The molecule has 0 saturated carbocycles. The minimum Gasteiger partial charge on any atom is -0.494 e. The fourth-order valence-electron chi connectivity index (χ4n) is 1.16. The lowest BCUT2D eigenvalue weighted by Crippen LogP contribution is -2.09. The molecular formula is C11H15BrN2O. The fourth-order valence-corrected chi connectivity index (χ4v) is 1.54. The smallest absolute Gasteiger partial charge is 0.120 e. The molecule has 4 heteroatoms. The minimum absolute atomic E-state index is 0.248. The summed E-state index contributed by atoms with van der Waals surface area (Å²) in [6, 6.07) is 7.76. The molecule has 0 fully saturated rings. The van der Waals surface area contributed by atoms with Crippen molar-refractivity contribution in [3.8, 4) is 5.75 Å². The molecule has 0 atom stereocenters. The van der Waals surface area contributed by atoms with Crippen LogP contribution in [0.25, 0.3) is 0 Å². The van der Waals surface area contributed by atoms with E-state index in [1.165, 1.54) is 0 Å². The van der Waals surface area contributed by atoms with Crippen molar-refractivity contribution < 1.29 is 4.74 Å². The molecular weight excluding hydrogens is 256 g/mol. The molecule has 1 aromatic carbocycles. The molecule has 0 aliphatic rings. The van der Waals surface area contributed by atoms with Crippen molar-refractivity contribution in [2.75, 3.05) is 6.61 Å². The van der Waals surface area contributed by atoms with Crippen molar-refractivity contribution in [2.24, 2.45) is 5.73 Å². The maximum Gasteiger partial charge on any atom is 0.120 e. The van der Waals surface area contributed by atoms with Gasteiger partial charge in [0.25, 0.3) is 0 Å². The molecule has 0 aliphatic heterocycles. The maximum absolute atomic E-state index is 7.05. The second kappa shape index (κ2) is 6.45. The van der Waals surface area contributed by atoms with E-state index in [-0.39, 0.29) is 5.84 Å². The maximum atomic E-state index is 7.05. The summed E-state index contributed by atoms with van der Waals surface area (Å²) in [4.78, 5) is 0. The molecule has 0 heterocycles. The van der Waals surface area contributed by atoms with Crippen LogP contribution in [0.3, 0.4) is 0 Å². The number of halogens is 1. The highest BCUT2D eigenvalue weighted by molar-refractivity contribution is 9.10. The van der Waals surface area contributed by atoms with Crippen LogP contribution in [0.5, 0.6) is 5.75 Å². The van der Waals surface area contributed by atoms with Gasteiger partial charge >= 0.3 is 0 Å². The van der Waals surface area contributed by atoms with E-state index in [4.69, 9.17) is 15.9 Å². The number of rotatable bonds is 6. The number of nitrogens with two attached hydrogens (primary N) is 1. The third-order valence-corrected chi connectivity index (χ3v) is 2.40. The van der Waals surface area contributed by atoms with Crippen LogP contribution in [0.1, 0.15) is 19.3 Å². The Morgan fingerprint density at radius 2 is 2.20 bits per heavy atom. The normalized spacial score (nSPS) is 9.93. The second-order valence-electron chi connectivity index (χ2n) is 3.29. The molecule has 1 rings (SSSR count). The molecule has 0 spiro atoms. The fraction of sp³-hybridized carbons (Fsp3) is 0.364. The summed E-state index contributed by atoms with van der Waals surface area (Å²) in [6.07, 6.45) is 2.48. The summed E-state index contributed by atoms with van der Waals surface area (Å²) in [5.74, 6) is 1.12. The summed E-state index contributed by atoms with van der Waals surface area (Å²) in [5, 5.41) is 7.05. The van der Waals surface area contributed by atoms with E-state index < -0.39 is 0 Å². The number of amidine groups is 1. The highest BCUT2D eigenvalue weighted by Gasteiger charge is 1.95. The molecule has 0 aromatic heterocycles. The third kappa shape index (κ3) is 5.42. The van der Waals surface area contributed by atoms with Gasteiger partial charge in [0.2, 0.25) is 0 Å². The third-order valence-electron chi connectivity index (χ3n) is 1.91. The molecule has 82 valence electrons. The van der Waals surface area contributed by atoms with E-state index >= 15 is 0 Å². The monoisotopic (exact) mass is 270 g/mol. The lowest BCUT2D eigenvalue weighted by Gasteiger charge is -2.05. The molecule has 3 nitrogen and oxygen atoms in total. The first kappa shape index (κ1) is 12.0. The number of hydrogen-bond acceptors (Lipinski definition) is 2. The van der Waals surface area contributed by atoms with Crippen LogP contribution in [-0.4, -0.2) is 12.4 Å². The average Bonchev–Trinajstić information content (AvgIpc) is 2.17. The Bertz CT molecular complexity index is 328. The number of unbranched alkanes of at least 4 members (excludes halogenated alkanes) is 1. The van der Waals surface area contributed by atoms with Crippen LogP contribution >= 0.6 is 15.9 Å². The Kier molecular flexibility index (Phi) is 5.18. The Labute approximate surface area is 98.3 Å². The zero-order chi connectivity index (χ0) is 11.1. The first-order valence-corrected chi connectivity index (χ1v) is 5.69. The average molecular weight is 271 g/mol. The quantitative estimate of drug-likeness (QED) is 0.474. The van der Waals surface area contributed by atoms with E-state index in [0.717, 1.165) is 23.1 Å². The van der Waals surface area contributed by atoms with Gasteiger partial charge in [-0.15, -0.1) is 0 Å². The lowest BCUT2D eigenvalue weighted by atomic mass is 10.2. The number of benzene rings is 1. The van der Waals surface area contributed by atoms with Crippen LogP contribution < -0.4 is 10.5 Å². The van der Waals surface area contributed by atoms with Gasteiger partial charge in [-0.05, 0) is 31.0 Å². The van der Waals surface area contributed by atoms with Crippen molar-refractivity contribution in [3.63, 3.8) is 0 Å². The first-order valence-electron chi connectivity index (χ1n) is 4.90. The molecule has 1 aromatic rings. The van der Waals surface area contributed by atoms with Crippen molar-refractivity contribution >= 4 is 21.8 Å². The molecule has 0 amide bonds. The van der Waals surface area contributed by atoms with Crippen LogP contribution in [-0.2, 0) is 0 Å². The Balaban J connectivity index is 2.17. The van der Waals surface area contributed by atoms with Crippen molar-refractivity contribution in [2.45, 2.75) is 19.3 Å². The second-order valence-corrected chi connectivity index (χ2v) is 4.20. The Morgan fingerprint density at radius 3 is 2.87 bits per heavy atom. The van der Waals surface area contributed by atoms with Crippen molar-refractivity contribution in [1.82, 2.24) is 0 Å². The minimum atomic E-state index is 0.248. The van der Waals surface area contributed by atoms with E-state index in [1.54, 1.807) is 0 Å². The molecule has 0 bridgehead atoms. The van der Waals surface area contributed by atoms with Gasteiger partial charge < -0.3 is 10.5 Å². The Morgan fingerprint density at radius 1 is 1.40 bits per heavy atom. The van der Waals surface area contributed by atoms with Gasteiger partial charge in [-0.3, -0.25) is 5.41 Å². The van der Waals surface area contributed by atoms with Crippen LogP contribution in [0.15, 0.2) is 28.7 Å². The molecule has 0 unspecified atom stereocenters. The molecule has 3 N–H and O–H groups in total. The van der Waals surface area contributed by atoms with Gasteiger partial charge in [-0.1, -0.05) is 22.0 Å². The Hall–Kier alpha value is -1.03. The van der Waals surface area contributed by atoms with Gasteiger partial charge in [-0.2, -0.15) is 0 Å². The molecule has 0 saturated heterocycles. The van der Waals surface area contributed by atoms with E-state index in [2.05, 4.69) is 15.9 Å². The molecule has 0 aliphatic carbocycles. The molecule has 0 radical (unpaired) electrons. The highest BCUT2D eigenvalue weighted by atomic mass is 79.9. The topological polar surface area (TPSA) is 59.1 Å². The summed E-state index contributed by atoms with van der Waals surface area (Å²) >= 11 is 3.38. The van der Waals surface area contributed by atoms with Gasteiger partial charge in [0, 0.05) is 10.9 Å². The summed E-state index contributed by atoms with van der Waals surface area (Å²) in [5.41, 5.74) is 5.24. The van der Waals surface area contributed by atoms with E-state index in [0.29, 0.717) is 13.0 Å². The molecule has 15 heavy (non-hydrogen) atoms. The van der Waals surface area contributed by atoms with Crippen LogP contribution in [0.4, 0.5) is 0 Å². The summed E-state index contributed by atoms with van der Waals surface area (Å²) in [6.45, 7) is 0.670. The van der Waals surface area contributed by atoms with Crippen molar-refractivity contribution in [3.05, 3.63) is 28.7 Å². The van der Waals surface area contributed by atoms with Crippen LogP contribution in [0, 0.1) is 5.41 Å². The SMILES string of the molecule is N=C(N)CCCCOc1cccc(Br)c1. The largest absolute Gasteiger partial charge is 0.494 e. The number of hydrogen-bond donors (Lipinski definition) is 2. The lowest BCUT2D eigenvalue weighted by molar-refractivity contribution is 0.307. The standard InChI is InChI=1S/C11H15BrN2O/c12-9-4-3-5-10(8-9)15-7-2-1-6-11(13)14/h3-5,8H,1-2,6-7H2,(H3,13,14). The van der Waals surface area contributed by atoms with Crippen LogP contribution in [0.2, 0.25) is 0 Å². The number of nitrogens with one attached hydrogen (secondary N) is 1. The highest BCUT2D eigenvalue weighted by Crippen LogP contribution is 2.17. The van der Waals surface area contributed by atoms with Gasteiger partial charge in [0.1, 0.15) is 5.75 Å². The van der Waals surface area contributed by atoms with Gasteiger partial charge in [0.05, 0.1) is 12.4 Å².